The molecule has 24 heavy (non-hydrogen) atoms. The predicted molar refractivity (Wildman–Crippen MR) is 91.2 cm³/mol. The normalized spacial score (nSPS) is 11.6. The zero-order valence-corrected chi connectivity index (χ0v) is 14.0. The van der Waals surface area contributed by atoms with Crippen LogP contribution in [0, 0.1) is 0 Å². The van der Waals surface area contributed by atoms with Gasteiger partial charge < -0.3 is 15.9 Å². The van der Waals surface area contributed by atoms with Gasteiger partial charge in [-0.05, 0) is 24.3 Å². The van der Waals surface area contributed by atoms with E-state index in [1.54, 1.807) is 6.20 Å². The summed E-state index contributed by atoms with van der Waals surface area (Å²) in [6, 6.07) is 7.37. The van der Waals surface area contributed by atoms with Gasteiger partial charge in [-0.15, -0.1) is 10.2 Å². The van der Waals surface area contributed by atoms with Crippen LogP contribution >= 0.6 is 15.9 Å². The largest absolute Gasteiger partial charge is 0.415 e. The second-order valence-electron chi connectivity index (χ2n) is 4.96. The number of carbonyl (C=O) groups excluding carboxylic acids is 1. The highest BCUT2D eigenvalue weighted by molar-refractivity contribution is 9.10. The number of hydrogen-bond donors (Lipinski definition) is 2. The summed E-state index contributed by atoms with van der Waals surface area (Å²) in [4.78, 5) is 12.0. The number of aromatic nitrogens is 4. The average molecular weight is 389 g/mol. The fourth-order valence-electron chi connectivity index (χ4n) is 1.96. The van der Waals surface area contributed by atoms with Crippen LogP contribution in [0.5, 0.6) is 0 Å². The number of carbonyl (C=O) groups is 1. The first-order valence-electron chi connectivity index (χ1n) is 6.89. The molecule has 4 N–H and O–H groups in total. The summed E-state index contributed by atoms with van der Waals surface area (Å²) >= 11 is 3.35. The number of hydrogen-bond acceptors (Lipinski definition) is 7. The van der Waals surface area contributed by atoms with Gasteiger partial charge in [0.25, 0.3) is 5.89 Å². The first kappa shape index (κ1) is 15.9. The van der Waals surface area contributed by atoms with Gasteiger partial charge in [0, 0.05) is 22.3 Å². The van der Waals surface area contributed by atoms with E-state index in [0.717, 1.165) is 10.0 Å². The number of anilines is 1. The molecule has 0 radical (unpaired) electrons. The topological polar surface area (TPSA) is 126 Å². The molecule has 0 spiro atoms. The number of benzene rings is 1. The summed E-state index contributed by atoms with van der Waals surface area (Å²) in [6.07, 6.45) is 4.25. The summed E-state index contributed by atoms with van der Waals surface area (Å²) < 4.78 is 7.86. The number of nitrogens with two attached hydrogens (primary N) is 2. The number of ketones is 1. The second-order valence-corrected chi connectivity index (χ2v) is 5.87. The lowest BCUT2D eigenvalue weighted by molar-refractivity contribution is -0.115. The minimum absolute atomic E-state index is 0.0195. The molecule has 2 heterocycles. The molecule has 0 bridgehead atoms. The highest BCUT2D eigenvalue weighted by atomic mass is 79.9. The molecule has 9 heteroatoms. The Morgan fingerprint density at radius 2 is 2.04 bits per heavy atom. The number of nitrogen functional groups attached to an aromatic ring is 1. The lowest BCUT2D eigenvalue weighted by Crippen LogP contribution is -2.10. The van der Waals surface area contributed by atoms with Crippen molar-refractivity contribution in [3.05, 3.63) is 53.1 Å². The molecule has 8 nitrogen and oxygen atoms in total. The first-order valence-corrected chi connectivity index (χ1v) is 7.68. The Balaban J connectivity index is 1.73. The van der Waals surface area contributed by atoms with Gasteiger partial charge in [0.1, 0.15) is 12.2 Å². The van der Waals surface area contributed by atoms with E-state index in [4.69, 9.17) is 15.9 Å². The maximum absolute atomic E-state index is 12.0. The number of halogens is 1. The molecule has 1 aromatic carbocycles. The Kier molecular flexibility index (Phi) is 4.43. The maximum atomic E-state index is 12.0. The summed E-state index contributed by atoms with van der Waals surface area (Å²) in [5, 5.41) is 11.7. The van der Waals surface area contributed by atoms with E-state index >= 15 is 0 Å². The van der Waals surface area contributed by atoms with Gasteiger partial charge in [0.05, 0.1) is 11.9 Å². The number of rotatable bonds is 5. The molecule has 0 aliphatic carbocycles. The quantitative estimate of drug-likeness (QED) is 0.638. The molecule has 3 rings (SSSR count). The first-order chi connectivity index (χ1) is 11.5. The number of nitrogens with zero attached hydrogens (tertiary/aromatic N) is 4. The van der Waals surface area contributed by atoms with Crippen LogP contribution in [0.4, 0.5) is 5.69 Å². The van der Waals surface area contributed by atoms with E-state index in [9.17, 15) is 4.79 Å². The van der Waals surface area contributed by atoms with Crippen molar-refractivity contribution < 1.29 is 9.21 Å². The molecule has 0 aliphatic rings. The predicted octanol–water partition coefficient (Wildman–Crippen LogP) is 1.85. The van der Waals surface area contributed by atoms with Gasteiger partial charge in [0.15, 0.2) is 5.78 Å². The van der Waals surface area contributed by atoms with Crippen molar-refractivity contribution >= 4 is 33.1 Å². The monoisotopic (exact) mass is 388 g/mol. The van der Waals surface area contributed by atoms with E-state index in [1.165, 1.54) is 17.0 Å². The van der Waals surface area contributed by atoms with Gasteiger partial charge in [-0.3, -0.25) is 9.48 Å². The van der Waals surface area contributed by atoms with Crippen molar-refractivity contribution in [1.82, 2.24) is 20.0 Å². The molecular weight excluding hydrogens is 376 g/mol. The van der Waals surface area contributed by atoms with E-state index < -0.39 is 0 Å². The van der Waals surface area contributed by atoms with Crippen molar-refractivity contribution in [2.24, 2.45) is 5.73 Å². The van der Waals surface area contributed by atoms with Crippen LogP contribution in [0.2, 0.25) is 0 Å². The molecule has 0 saturated heterocycles. The van der Waals surface area contributed by atoms with Gasteiger partial charge in [-0.2, -0.15) is 5.10 Å². The minimum atomic E-state index is -0.265. The zero-order valence-electron chi connectivity index (χ0n) is 12.4. The molecule has 0 fully saturated rings. The summed E-state index contributed by atoms with van der Waals surface area (Å²) in [5.41, 5.74) is 12.7. The van der Waals surface area contributed by atoms with Gasteiger partial charge >= 0.3 is 0 Å². The van der Waals surface area contributed by atoms with E-state index in [1.807, 2.05) is 24.3 Å². The third kappa shape index (κ3) is 3.69. The molecule has 0 aliphatic heterocycles. The van der Waals surface area contributed by atoms with Crippen molar-refractivity contribution in [1.29, 1.82) is 0 Å². The Bertz CT molecular complexity index is 897. The lowest BCUT2D eigenvalue weighted by Gasteiger charge is -1.98. The van der Waals surface area contributed by atoms with Gasteiger partial charge in [-0.1, -0.05) is 15.9 Å². The highest BCUT2D eigenvalue weighted by Crippen LogP contribution is 2.21. The Morgan fingerprint density at radius 1 is 1.29 bits per heavy atom. The molecule has 3 aromatic rings. The van der Waals surface area contributed by atoms with Gasteiger partial charge in [-0.25, -0.2) is 0 Å². The smallest absolute Gasteiger partial charge is 0.264 e. The summed E-state index contributed by atoms with van der Waals surface area (Å²) in [5.74, 6) is 0.140. The second kappa shape index (κ2) is 6.67. The minimum Gasteiger partial charge on any atom is -0.415 e. The molecule has 0 atom stereocenters. The maximum Gasteiger partial charge on any atom is 0.264 e. The van der Waals surface area contributed by atoms with Crippen LogP contribution in [0.1, 0.15) is 5.89 Å². The summed E-state index contributed by atoms with van der Waals surface area (Å²) in [6.45, 7) is 0.0195. The molecule has 2 aromatic heterocycles. The van der Waals surface area contributed by atoms with Crippen molar-refractivity contribution in [2.45, 2.75) is 6.54 Å². The molecule has 0 amide bonds. The number of allylic oxidation sites excluding steroid dienone is 1. The van der Waals surface area contributed by atoms with E-state index in [2.05, 4.69) is 31.2 Å². The van der Waals surface area contributed by atoms with Crippen LogP contribution in [-0.4, -0.2) is 25.8 Å². The fourth-order valence-corrected chi connectivity index (χ4v) is 2.22. The van der Waals surface area contributed by atoms with Crippen LogP contribution in [0.3, 0.4) is 0 Å². The third-order valence-corrected chi connectivity index (χ3v) is 3.58. The van der Waals surface area contributed by atoms with Crippen LogP contribution in [-0.2, 0) is 11.3 Å². The molecule has 122 valence electrons. The summed E-state index contributed by atoms with van der Waals surface area (Å²) in [7, 11) is 0. The van der Waals surface area contributed by atoms with Crippen molar-refractivity contribution in [3.8, 4) is 11.5 Å². The standard InChI is InChI=1S/C15H13BrN6O2/c16-10-3-1-9(2-4-10)14-20-21-15(24-14)13(18)5-12(23)8-22-7-11(17)6-19-22/h1-7H,8,17-18H2/b13-5-. The molecule has 0 unspecified atom stereocenters. The van der Waals surface area contributed by atoms with Crippen LogP contribution < -0.4 is 11.5 Å². The third-order valence-electron chi connectivity index (χ3n) is 3.05. The Labute approximate surface area is 145 Å². The Morgan fingerprint density at radius 3 is 2.71 bits per heavy atom. The highest BCUT2D eigenvalue weighted by Gasteiger charge is 2.12. The van der Waals surface area contributed by atoms with Crippen LogP contribution in [0.15, 0.2) is 51.6 Å². The van der Waals surface area contributed by atoms with Gasteiger partial charge in [0.2, 0.25) is 5.89 Å². The van der Waals surface area contributed by atoms with Crippen molar-refractivity contribution in [3.63, 3.8) is 0 Å². The lowest BCUT2D eigenvalue weighted by atomic mass is 10.2. The fraction of sp³-hybridized carbons (Fsp3) is 0.0667. The molecular formula is C15H13BrN6O2. The van der Waals surface area contributed by atoms with Crippen molar-refractivity contribution in [2.75, 3.05) is 5.73 Å². The Hall–Kier alpha value is -2.94. The van der Waals surface area contributed by atoms with E-state index in [0.29, 0.717) is 11.6 Å². The SMILES string of the molecule is N/C(=C\C(=O)Cn1cc(N)cn1)c1nnc(-c2ccc(Br)cc2)o1. The average Bonchev–Trinajstić information content (AvgIpc) is 3.17. The van der Waals surface area contributed by atoms with E-state index in [-0.39, 0.29) is 23.9 Å². The van der Waals surface area contributed by atoms with Crippen LogP contribution in [0.25, 0.3) is 17.2 Å². The molecule has 0 saturated carbocycles. The zero-order chi connectivity index (χ0) is 17.1.